The van der Waals surface area contributed by atoms with Gasteiger partial charge in [-0.3, -0.25) is 4.79 Å². The number of carbonyl (C=O) groups is 1. The van der Waals surface area contributed by atoms with E-state index in [1.807, 2.05) is 0 Å². The first kappa shape index (κ1) is 22.7. The molecule has 3 rings (SSSR count). The first-order chi connectivity index (χ1) is 14.5. The summed E-state index contributed by atoms with van der Waals surface area (Å²) in [7, 11) is 0. The molecule has 1 N–H and O–H groups in total. The monoisotopic (exact) mass is 460 g/mol. The molecule has 3 nitrogen and oxygen atoms in total. The Kier molecular flexibility index (Phi) is 6.30. The van der Waals surface area contributed by atoms with Crippen LogP contribution in [-0.2, 0) is 17.6 Å². The van der Waals surface area contributed by atoms with E-state index in [2.05, 4.69) is 0 Å². The van der Waals surface area contributed by atoms with Crippen molar-refractivity contribution in [2.45, 2.75) is 25.6 Å². The molecular formula is C21H14F6O3S. The number of rotatable bonds is 6. The van der Waals surface area contributed by atoms with Gasteiger partial charge in [0.15, 0.2) is 11.6 Å². The predicted molar refractivity (Wildman–Crippen MR) is 101 cm³/mol. The van der Waals surface area contributed by atoms with Crippen LogP contribution in [0.4, 0.5) is 26.3 Å². The van der Waals surface area contributed by atoms with Crippen LogP contribution in [0.1, 0.15) is 28.8 Å². The largest absolute Gasteiger partial charge is 0.486 e. The van der Waals surface area contributed by atoms with Gasteiger partial charge in [-0.25, -0.2) is 8.78 Å². The second-order valence-electron chi connectivity index (χ2n) is 6.59. The fourth-order valence-corrected chi connectivity index (χ4v) is 3.87. The van der Waals surface area contributed by atoms with Gasteiger partial charge in [0.25, 0.3) is 0 Å². The van der Waals surface area contributed by atoms with E-state index in [4.69, 9.17) is 9.84 Å². The molecule has 0 spiro atoms. The maximum absolute atomic E-state index is 14.4. The lowest BCUT2D eigenvalue weighted by Gasteiger charge is -2.14. The average Bonchev–Trinajstić information content (AvgIpc) is 3.13. The van der Waals surface area contributed by atoms with Crippen molar-refractivity contribution in [1.82, 2.24) is 0 Å². The first-order valence-electron chi connectivity index (χ1n) is 8.77. The zero-order valence-electron chi connectivity index (χ0n) is 15.8. The van der Waals surface area contributed by atoms with Gasteiger partial charge in [0.2, 0.25) is 5.82 Å². The zero-order valence-corrected chi connectivity index (χ0v) is 16.6. The molecule has 0 aliphatic carbocycles. The van der Waals surface area contributed by atoms with Crippen molar-refractivity contribution in [3.05, 3.63) is 75.2 Å². The number of ether oxygens (including phenoxy) is 1. The number of hydrogen-bond donors (Lipinski definition) is 1. The highest BCUT2D eigenvalue weighted by Gasteiger charge is 2.37. The Morgan fingerprint density at radius 2 is 1.71 bits per heavy atom. The minimum Gasteiger partial charge on any atom is -0.486 e. The molecule has 0 aliphatic rings. The van der Waals surface area contributed by atoms with E-state index in [0.29, 0.717) is 16.9 Å². The van der Waals surface area contributed by atoms with E-state index in [-0.39, 0.29) is 11.1 Å². The average molecular weight is 460 g/mol. The first-order valence-corrected chi connectivity index (χ1v) is 9.65. The number of carboxylic acid groups (broad SMARTS) is 1. The van der Waals surface area contributed by atoms with E-state index < -0.39 is 58.3 Å². The summed E-state index contributed by atoms with van der Waals surface area (Å²) in [4.78, 5) is 10.0. The van der Waals surface area contributed by atoms with E-state index in [1.54, 1.807) is 0 Å². The molecule has 0 aliphatic heterocycles. The van der Waals surface area contributed by atoms with Crippen LogP contribution in [-0.4, -0.2) is 11.1 Å². The molecule has 0 saturated carbocycles. The van der Waals surface area contributed by atoms with Crippen molar-refractivity contribution in [3.63, 3.8) is 0 Å². The van der Waals surface area contributed by atoms with Crippen molar-refractivity contribution in [2.75, 3.05) is 0 Å². The molecule has 1 aromatic heterocycles. The summed E-state index contributed by atoms with van der Waals surface area (Å²) in [5.74, 6) is -6.89. The van der Waals surface area contributed by atoms with Gasteiger partial charge in [-0.2, -0.15) is 17.6 Å². The topological polar surface area (TPSA) is 46.5 Å². The van der Waals surface area contributed by atoms with Crippen LogP contribution in [0, 0.1) is 17.5 Å². The number of alkyl halides is 3. The van der Waals surface area contributed by atoms with E-state index >= 15 is 0 Å². The molecule has 0 saturated heterocycles. The summed E-state index contributed by atoms with van der Waals surface area (Å²) in [6.45, 7) is 0.423. The highest BCUT2D eigenvalue weighted by Crippen LogP contribution is 2.42. The van der Waals surface area contributed by atoms with Gasteiger partial charge in [0, 0.05) is 11.1 Å². The van der Waals surface area contributed by atoms with Crippen LogP contribution >= 0.6 is 11.3 Å². The third kappa shape index (κ3) is 4.68. The highest BCUT2D eigenvalue weighted by atomic mass is 32.1. The van der Waals surface area contributed by atoms with Crippen LogP contribution in [0.3, 0.4) is 0 Å². The number of halogens is 6. The van der Waals surface area contributed by atoms with Crippen LogP contribution < -0.4 is 4.74 Å². The zero-order chi connectivity index (χ0) is 22.9. The lowest BCUT2D eigenvalue weighted by atomic mass is 10.0. The Morgan fingerprint density at radius 3 is 2.29 bits per heavy atom. The quantitative estimate of drug-likeness (QED) is 0.421. The number of aliphatic carboxylic acids is 1. The Labute approximate surface area is 176 Å². The van der Waals surface area contributed by atoms with Crippen LogP contribution in [0.5, 0.6) is 5.75 Å². The van der Waals surface area contributed by atoms with Crippen molar-refractivity contribution in [2.24, 2.45) is 0 Å². The molecule has 10 heteroatoms. The van der Waals surface area contributed by atoms with Crippen molar-refractivity contribution >= 4 is 17.3 Å². The molecule has 2 aromatic carbocycles. The maximum Gasteiger partial charge on any atom is 0.426 e. The third-order valence-electron chi connectivity index (χ3n) is 4.59. The van der Waals surface area contributed by atoms with Crippen molar-refractivity contribution in [3.8, 4) is 16.9 Å². The lowest BCUT2D eigenvalue weighted by molar-refractivity contribution is -0.138. The summed E-state index contributed by atoms with van der Waals surface area (Å²) in [6.07, 6.45) is -4.72. The van der Waals surface area contributed by atoms with Crippen molar-refractivity contribution < 1.29 is 41.0 Å². The molecule has 31 heavy (non-hydrogen) atoms. The summed E-state index contributed by atoms with van der Waals surface area (Å²) >= 11 is 0.402. The predicted octanol–water partition coefficient (Wildman–Crippen LogP) is 6.62. The maximum atomic E-state index is 14.4. The SMILES string of the molecule is CC(C(=O)O)c1ccc(OCc2c(-c3ccc(F)cc3)csc2C(F)(F)F)c(F)c1F. The lowest BCUT2D eigenvalue weighted by Crippen LogP contribution is -2.12. The molecule has 0 fully saturated rings. The second-order valence-corrected chi connectivity index (χ2v) is 7.47. The van der Waals surface area contributed by atoms with Crippen molar-refractivity contribution in [1.29, 1.82) is 0 Å². The van der Waals surface area contributed by atoms with Crippen LogP contribution in [0.15, 0.2) is 41.8 Å². The van der Waals surface area contributed by atoms with Crippen LogP contribution in [0.25, 0.3) is 11.1 Å². The smallest absolute Gasteiger partial charge is 0.426 e. The highest BCUT2D eigenvalue weighted by molar-refractivity contribution is 7.10. The molecule has 164 valence electrons. The fourth-order valence-electron chi connectivity index (χ4n) is 2.91. The molecule has 1 atom stereocenters. The minimum absolute atomic E-state index is 0.120. The number of hydrogen-bond acceptors (Lipinski definition) is 3. The number of benzene rings is 2. The molecular weight excluding hydrogens is 446 g/mol. The summed E-state index contributed by atoms with van der Waals surface area (Å²) < 4.78 is 87.2. The Balaban J connectivity index is 1.96. The molecule has 1 heterocycles. The second kappa shape index (κ2) is 8.62. The molecule has 0 radical (unpaired) electrons. The van der Waals surface area contributed by atoms with Gasteiger partial charge >= 0.3 is 12.1 Å². The van der Waals surface area contributed by atoms with Gasteiger partial charge in [0.05, 0.1) is 5.92 Å². The summed E-state index contributed by atoms with van der Waals surface area (Å²) in [5.41, 5.74) is -0.318. The summed E-state index contributed by atoms with van der Waals surface area (Å²) in [5, 5.41) is 10.2. The van der Waals surface area contributed by atoms with Gasteiger partial charge < -0.3 is 9.84 Å². The van der Waals surface area contributed by atoms with Gasteiger partial charge in [-0.05, 0) is 41.6 Å². The molecule has 0 bridgehead atoms. The summed E-state index contributed by atoms with van der Waals surface area (Å²) in [6, 6.07) is 6.73. The van der Waals surface area contributed by atoms with Gasteiger partial charge in [-0.15, -0.1) is 11.3 Å². The fraction of sp³-hybridized carbons (Fsp3) is 0.190. The molecule has 1 unspecified atom stereocenters. The minimum atomic E-state index is -4.72. The Bertz CT molecular complexity index is 1110. The van der Waals surface area contributed by atoms with E-state index in [0.717, 1.165) is 31.2 Å². The third-order valence-corrected chi connectivity index (χ3v) is 5.66. The van der Waals surface area contributed by atoms with Gasteiger partial charge in [-0.1, -0.05) is 18.2 Å². The van der Waals surface area contributed by atoms with E-state index in [1.165, 1.54) is 17.5 Å². The number of thiophene rings is 1. The normalized spacial score (nSPS) is 12.6. The molecule has 3 aromatic rings. The van der Waals surface area contributed by atoms with E-state index in [9.17, 15) is 31.1 Å². The Hall–Kier alpha value is -3.01. The molecule has 0 amide bonds. The van der Waals surface area contributed by atoms with Crippen LogP contribution in [0.2, 0.25) is 0 Å². The number of carboxylic acids is 1. The Morgan fingerprint density at radius 1 is 1.06 bits per heavy atom. The standard InChI is InChI=1S/C21H14F6O3S/c1-10(20(28)29)13-6-7-16(18(24)17(13)23)30-8-14-15(9-31-19(14)21(25,26)27)11-2-4-12(22)5-3-11/h2-7,9-10H,8H2,1H3,(H,28,29). The van der Waals surface area contributed by atoms with Gasteiger partial charge in [0.1, 0.15) is 17.3 Å².